The summed E-state index contributed by atoms with van der Waals surface area (Å²) in [5, 5.41) is 4.60. The molecule has 4 aromatic rings. The molecule has 8 heteroatoms. The fourth-order valence-electron chi connectivity index (χ4n) is 3.30. The summed E-state index contributed by atoms with van der Waals surface area (Å²) in [6, 6.07) is 16.5. The van der Waals surface area contributed by atoms with E-state index in [9.17, 15) is 14.4 Å². The number of hydrogen-bond donors (Lipinski definition) is 1. The van der Waals surface area contributed by atoms with Gasteiger partial charge in [0, 0.05) is 11.0 Å². The lowest BCUT2D eigenvalue weighted by atomic mass is 10.2. The fourth-order valence-corrected chi connectivity index (χ4v) is 4.55. The van der Waals surface area contributed by atoms with Gasteiger partial charge in [-0.1, -0.05) is 52.3 Å². The molecule has 0 saturated heterocycles. The van der Waals surface area contributed by atoms with Crippen molar-refractivity contribution in [2.24, 2.45) is 0 Å². The molecular weight excluding hydrogens is 466 g/mol. The number of aromatic nitrogens is 2. The van der Waals surface area contributed by atoms with E-state index in [1.54, 1.807) is 23.6 Å². The van der Waals surface area contributed by atoms with E-state index < -0.39 is 5.69 Å². The summed E-state index contributed by atoms with van der Waals surface area (Å²) < 4.78 is 3.84. The largest absolute Gasteiger partial charge is 0.350 e. The smallest absolute Gasteiger partial charge is 0.336 e. The second-order valence-corrected chi connectivity index (χ2v) is 8.57. The van der Waals surface area contributed by atoms with Gasteiger partial charge in [-0.25, -0.2) is 9.36 Å². The molecule has 152 valence electrons. The van der Waals surface area contributed by atoms with E-state index in [1.165, 1.54) is 15.9 Å². The van der Waals surface area contributed by atoms with Gasteiger partial charge in [-0.3, -0.25) is 14.2 Å². The molecular formula is C22H18BrN3O3S. The van der Waals surface area contributed by atoms with Crippen LogP contribution in [0.4, 0.5) is 0 Å². The average molecular weight is 484 g/mol. The van der Waals surface area contributed by atoms with Crippen LogP contribution in [0.15, 0.2) is 74.0 Å². The highest BCUT2D eigenvalue weighted by atomic mass is 79.9. The molecule has 0 aliphatic heterocycles. The first-order chi connectivity index (χ1) is 14.5. The van der Waals surface area contributed by atoms with E-state index in [0.29, 0.717) is 22.4 Å². The minimum Gasteiger partial charge on any atom is -0.350 e. The number of benzene rings is 2. The Morgan fingerprint density at radius 1 is 1.07 bits per heavy atom. The van der Waals surface area contributed by atoms with E-state index >= 15 is 0 Å². The van der Waals surface area contributed by atoms with Gasteiger partial charge < -0.3 is 5.32 Å². The van der Waals surface area contributed by atoms with Crippen LogP contribution in [0.25, 0.3) is 15.9 Å². The van der Waals surface area contributed by atoms with Crippen molar-refractivity contribution in [2.45, 2.75) is 20.0 Å². The van der Waals surface area contributed by atoms with Gasteiger partial charge in [0.1, 0.15) is 11.2 Å². The van der Waals surface area contributed by atoms with Crippen molar-refractivity contribution in [2.75, 3.05) is 0 Å². The highest BCUT2D eigenvalue weighted by molar-refractivity contribution is 9.10. The van der Waals surface area contributed by atoms with Crippen molar-refractivity contribution < 1.29 is 4.79 Å². The van der Waals surface area contributed by atoms with Gasteiger partial charge in [-0.05, 0) is 41.6 Å². The maximum Gasteiger partial charge on any atom is 0.336 e. The van der Waals surface area contributed by atoms with Gasteiger partial charge in [0.2, 0.25) is 5.91 Å². The minimum atomic E-state index is -0.531. The lowest BCUT2D eigenvalue weighted by Crippen LogP contribution is -2.41. The number of para-hydroxylation sites is 1. The summed E-state index contributed by atoms with van der Waals surface area (Å²) in [7, 11) is 0. The molecule has 30 heavy (non-hydrogen) atoms. The molecule has 0 radical (unpaired) electrons. The predicted octanol–water partition coefficient (Wildman–Crippen LogP) is 3.60. The zero-order valence-electron chi connectivity index (χ0n) is 16.1. The quantitative estimate of drug-likeness (QED) is 0.471. The first-order valence-electron chi connectivity index (χ1n) is 9.26. The Hall–Kier alpha value is -2.97. The lowest BCUT2D eigenvalue weighted by Gasteiger charge is -2.14. The molecule has 2 aromatic heterocycles. The average Bonchev–Trinajstić information content (AvgIpc) is 3.22. The maximum atomic E-state index is 13.3. The minimum absolute atomic E-state index is 0.178. The Bertz CT molecular complexity index is 1370. The maximum absolute atomic E-state index is 13.3. The highest BCUT2D eigenvalue weighted by Crippen LogP contribution is 2.18. The van der Waals surface area contributed by atoms with E-state index in [1.807, 2.05) is 43.3 Å². The number of halogens is 1. The number of carbonyl (C=O) groups is 1. The first-order valence-corrected chi connectivity index (χ1v) is 10.9. The third-order valence-electron chi connectivity index (χ3n) is 4.85. The molecule has 0 bridgehead atoms. The number of hydrogen-bond acceptors (Lipinski definition) is 4. The number of amides is 1. The van der Waals surface area contributed by atoms with E-state index in [0.717, 1.165) is 20.2 Å². The molecule has 6 nitrogen and oxygen atoms in total. The summed E-state index contributed by atoms with van der Waals surface area (Å²) in [4.78, 5) is 38.9. The van der Waals surface area contributed by atoms with Crippen LogP contribution in [0.5, 0.6) is 0 Å². The Kier molecular flexibility index (Phi) is 5.69. The van der Waals surface area contributed by atoms with E-state index in [4.69, 9.17) is 0 Å². The monoisotopic (exact) mass is 483 g/mol. The fraction of sp³-hybridized carbons (Fsp3) is 0.136. The van der Waals surface area contributed by atoms with Gasteiger partial charge in [0.15, 0.2) is 0 Å². The molecule has 1 amide bonds. The van der Waals surface area contributed by atoms with E-state index in [-0.39, 0.29) is 18.0 Å². The Morgan fingerprint density at radius 3 is 2.57 bits per heavy atom. The zero-order valence-corrected chi connectivity index (χ0v) is 18.5. The number of carbonyl (C=O) groups excluding carboxylic acids is 1. The van der Waals surface area contributed by atoms with Crippen molar-refractivity contribution in [1.29, 1.82) is 0 Å². The number of aryl methyl sites for hydroxylation is 1. The number of rotatable bonds is 5. The second-order valence-electron chi connectivity index (χ2n) is 6.80. The predicted molar refractivity (Wildman–Crippen MR) is 122 cm³/mol. The summed E-state index contributed by atoms with van der Waals surface area (Å²) in [5.74, 6) is -0.310. The molecule has 0 atom stereocenters. The van der Waals surface area contributed by atoms with Gasteiger partial charge in [-0.15, -0.1) is 11.3 Å². The summed E-state index contributed by atoms with van der Waals surface area (Å²) in [6.07, 6.45) is 0. The lowest BCUT2D eigenvalue weighted by molar-refractivity contribution is -0.121. The second kappa shape index (κ2) is 8.41. The van der Waals surface area contributed by atoms with Gasteiger partial charge in [0.05, 0.1) is 11.2 Å². The molecule has 2 heterocycles. The highest BCUT2D eigenvalue weighted by Gasteiger charge is 2.18. The summed E-state index contributed by atoms with van der Waals surface area (Å²) >= 11 is 4.72. The topological polar surface area (TPSA) is 73.1 Å². The Balaban J connectivity index is 1.72. The third-order valence-corrected chi connectivity index (χ3v) is 6.51. The van der Waals surface area contributed by atoms with Gasteiger partial charge in [0.25, 0.3) is 5.56 Å². The van der Waals surface area contributed by atoms with Crippen molar-refractivity contribution in [1.82, 2.24) is 14.5 Å². The molecule has 0 saturated carbocycles. The Labute approximate surface area is 184 Å². The van der Waals surface area contributed by atoms with Crippen LogP contribution in [0.2, 0.25) is 0 Å². The van der Waals surface area contributed by atoms with Gasteiger partial charge in [-0.2, -0.15) is 0 Å². The van der Waals surface area contributed by atoms with Crippen molar-refractivity contribution >= 4 is 43.4 Å². The summed E-state index contributed by atoms with van der Waals surface area (Å²) in [6.45, 7) is 2.00. The van der Waals surface area contributed by atoms with Crippen molar-refractivity contribution in [3.05, 3.63) is 96.4 Å². The van der Waals surface area contributed by atoms with Crippen LogP contribution >= 0.6 is 27.3 Å². The molecule has 0 aliphatic carbocycles. The summed E-state index contributed by atoms with van der Waals surface area (Å²) in [5.41, 5.74) is 1.82. The molecule has 1 N–H and O–H groups in total. The molecule has 0 unspecified atom stereocenters. The number of fused-ring (bicyclic) bond motifs is 1. The van der Waals surface area contributed by atoms with Crippen LogP contribution in [0.1, 0.15) is 11.1 Å². The zero-order chi connectivity index (χ0) is 21.3. The molecule has 0 fully saturated rings. The molecule has 0 aliphatic rings. The number of nitrogens with zero attached hydrogens (tertiary/aromatic N) is 2. The van der Waals surface area contributed by atoms with E-state index in [2.05, 4.69) is 21.2 Å². The normalized spacial score (nSPS) is 11.0. The third kappa shape index (κ3) is 3.76. The standard InChI is InChI=1S/C22H18BrN3O3S/c1-14-6-2-5-9-17(14)26-21(28)20-18(10-11-30-20)25(22(26)29)13-19(27)24-12-15-7-3-4-8-16(15)23/h2-11H,12-13H2,1H3,(H,24,27). The van der Waals surface area contributed by atoms with Crippen molar-refractivity contribution in [3.8, 4) is 5.69 Å². The van der Waals surface area contributed by atoms with Gasteiger partial charge >= 0.3 is 5.69 Å². The SMILES string of the molecule is Cc1ccccc1-n1c(=O)c2sccc2n(CC(=O)NCc2ccccc2Br)c1=O. The molecule has 0 spiro atoms. The number of thiophene rings is 1. The van der Waals surface area contributed by atoms with Crippen LogP contribution in [-0.2, 0) is 17.9 Å². The van der Waals surface area contributed by atoms with Crippen molar-refractivity contribution in [3.63, 3.8) is 0 Å². The van der Waals surface area contributed by atoms with Crippen LogP contribution < -0.4 is 16.6 Å². The number of nitrogens with one attached hydrogen (secondary N) is 1. The van der Waals surface area contributed by atoms with Crippen LogP contribution in [0, 0.1) is 6.92 Å². The van der Waals surface area contributed by atoms with Crippen LogP contribution in [-0.4, -0.2) is 15.0 Å². The molecule has 4 rings (SSSR count). The van der Waals surface area contributed by atoms with Crippen LogP contribution in [0.3, 0.4) is 0 Å². The Morgan fingerprint density at radius 2 is 1.80 bits per heavy atom. The first kappa shape index (κ1) is 20.3. The molecule has 2 aromatic carbocycles.